The molecule has 0 radical (unpaired) electrons. The summed E-state index contributed by atoms with van der Waals surface area (Å²) in [5.74, 6) is 3.24. The standard InChI is InChI=1S/C80H158N4O4/c1-19-21-23-25-41-49-57-85-81-73(3,4)61-69(62-74(81,5)6)53-45-37-31-27-29-33-39-47-55-71-65-77(11,12)83(78(13,14)66-71)87-59-51-43-35-36-44-52-60-88-84-79(15,16)67-72(68-80(84,17)18)56-48-40-34-30-28-32-38-46-54-70-63-75(7,8)82(76(9,10)64-70)86-58-50-42-26-24-22-20-2/h69-72H,19-68H2,1-18H3. The summed E-state index contributed by atoms with van der Waals surface area (Å²) in [6, 6.07) is 0. The van der Waals surface area contributed by atoms with Gasteiger partial charge in [0.1, 0.15) is 0 Å². The molecule has 522 valence electrons. The Labute approximate surface area is 551 Å². The predicted molar refractivity (Wildman–Crippen MR) is 381 cm³/mol. The number of hydroxylamine groups is 8. The van der Waals surface area contributed by atoms with Gasteiger partial charge in [-0.2, -0.15) is 20.3 Å². The summed E-state index contributed by atoms with van der Waals surface area (Å²) in [4.78, 5) is 26.4. The molecule has 0 unspecified atom stereocenters. The molecule has 4 rings (SSSR count). The highest BCUT2D eigenvalue weighted by Crippen LogP contribution is 2.47. The largest absolute Gasteiger partial charge is 0.298 e. The van der Waals surface area contributed by atoms with Gasteiger partial charge in [0.2, 0.25) is 0 Å². The van der Waals surface area contributed by atoms with E-state index in [1.807, 2.05) is 0 Å². The van der Waals surface area contributed by atoms with Crippen molar-refractivity contribution in [3.63, 3.8) is 0 Å². The first-order valence-electron chi connectivity index (χ1n) is 39.3. The van der Waals surface area contributed by atoms with Crippen LogP contribution in [0.4, 0.5) is 0 Å². The third-order valence-electron chi connectivity index (χ3n) is 22.1. The van der Waals surface area contributed by atoms with Crippen molar-refractivity contribution < 1.29 is 19.4 Å². The van der Waals surface area contributed by atoms with Crippen LogP contribution in [0.2, 0.25) is 0 Å². The lowest BCUT2D eigenvalue weighted by Crippen LogP contribution is -2.60. The minimum atomic E-state index is 0.0765. The fraction of sp³-hybridized carbons (Fsp3) is 1.00. The molecule has 0 aliphatic carbocycles. The molecule has 0 spiro atoms. The summed E-state index contributed by atoms with van der Waals surface area (Å²) in [5.41, 5.74) is 0.745. The fourth-order valence-corrected chi connectivity index (χ4v) is 19.2. The van der Waals surface area contributed by atoms with Gasteiger partial charge in [-0.15, -0.1) is 0 Å². The Morgan fingerprint density at radius 1 is 0.205 bits per heavy atom. The van der Waals surface area contributed by atoms with Crippen LogP contribution in [0.1, 0.15) is 420 Å². The van der Waals surface area contributed by atoms with Gasteiger partial charge in [0.05, 0.1) is 26.4 Å². The molecule has 0 aromatic heterocycles. The van der Waals surface area contributed by atoms with Crippen LogP contribution in [0.15, 0.2) is 0 Å². The molecule has 4 heterocycles. The summed E-state index contributed by atoms with van der Waals surface area (Å²) >= 11 is 0. The third-order valence-corrected chi connectivity index (χ3v) is 22.1. The van der Waals surface area contributed by atoms with Crippen molar-refractivity contribution in [2.24, 2.45) is 23.7 Å². The first kappa shape index (κ1) is 80.1. The molecule has 0 aromatic rings. The SMILES string of the molecule is CCCCCCCCON1C(C)(C)CC(CCCCCCCCCCC2CC(C)(C)N(OCCCCCCCCON3C(C)(C)CC(CCCCCCCCCCC4CC(C)(C)N(OCCCCCCCC)C(C)(C)C4)CC3(C)C)C(C)(C)C2)CC1(C)C. The zero-order chi connectivity index (χ0) is 64.8. The monoisotopic (exact) mass is 1240 g/mol. The van der Waals surface area contributed by atoms with E-state index < -0.39 is 0 Å². The van der Waals surface area contributed by atoms with Gasteiger partial charge < -0.3 is 0 Å². The number of unbranched alkanes of at least 4 members (excludes halogenated alkanes) is 29. The van der Waals surface area contributed by atoms with E-state index in [1.165, 1.54) is 283 Å². The second-order valence-electron chi connectivity index (χ2n) is 35.6. The number of piperidine rings is 4. The van der Waals surface area contributed by atoms with Crippen LogP contribution in [-0.2, 0) is 19.4 Å². The molecule has 0 atom stereocenters. The minimum Gasteiger partial charge on any atom is -0.298 e. The van der Waals surface area contributed by atoms with Crippen LogP contribution in [-0.4, -0.2) is 91.0 Å². The maximum absolute atomic E-state index is 6.69. The van der Waals surface area contributed by atoms with E-state index in [0.29, 0.717) is 0 Å². The molecule has 4 fully saturated rings. The van der Waals surface area contributed by atoms with E-state index >= 15 is 0 Å². The smallest absolute Gasteiger partial charge is 0.0685 e. The molecular weight excluding hydrogens is 1080 g/mol. The summed E-state index contributed by atoms with van der Waals surface area (Å²) in [6.07, 6.45) is 61.3. The molecule has 4 saturated heterocycles. The van der Waals surface area contributed by atoms with Gasteiger partial charge in [-0.1, -0.05) is 232 Å². The number of nitrogens with zero attached hydrogens (tertiary/aromatic N) is 4. The molecule has 0 aromatic carbocycles. The predicted octanol–water partition coefficient (Wildman–Crippen LogP) is 24.7. The number of rotatable bonds is 49. The topological polar surface area (TPSA) is 49.9 Å². The molecule has 0 N–H and O–H groups in total. The van der Waals surface area contributed by atoms with E-state index in [0.717, 1.165) is 62.9 Å². The molecule has 0 amide bonds. The van der Waals surface area contributed by atoms with Crippen LogP contribution in [0.25, 0.3) is 0 Å². The second kappa shape index (κ2) is 40.3. The molecule has 4 aliphatic rings. The maximum atomic E-state index is 6.69. The van der Waals surface area contributed by atoms with Crippen molar-refractivity contribution in [1.82, 2.24) is 20.3 Å². The molecule has 0 bridgehead atoms. The molecule has 4 aliphatic heterocycles. The zero-order valence-corrected chi connectivity index (χ0v) is 63.1. The fourth-order valence-electron chi connectivity index (χ4n) is 19.2. The first-order valence-corrected chi connectivity index (χ1v) is 39.3. The summed E-state index contributed by atoms with van der Waals surface area (Å²) in [5, 5.41) is 9.63. The Hall–Kier alpha value is -0.320. The van der Waals surface area contributed by atoms with Gasteiger partial charge in [-0.3, -0.25) is 19.4 Å². The van der Waals surface area contributed by atoms with E-state index in [9.17, 15) is 0 Å². The molecule has 8 heteroatoms. The first-order chi connectivity index (χ1) is 41.6. The highest BCUT2D eigenvalue weighted by atomic mass is 16.7. The quantitative estimate of drug-likeness (QED) is 0.0559. The van der Waals surface area contributed by atoms with Crippen molar-refractivity contribution in [3.8, 4) is 0 Å². The lowest BCUT2D eigenvalue weighted by atomic mass is 9.73. The van der Waals surface area contributed by atoms with Crippen LogP contribution in [0.5, 0.6) is 0 Å². The van der Waals surface area contributed by atoms with E-state index in [1.54, 1.807) is 0 Å². The zero-order valence-electron chi connectivity index (χ0n) is 63.1. The highest BCUT2D eigenvalue weighted by Gasteiger charge is 2.50. The van der Waals surface area contributed by atoms with Crippen molar-refractivity contribution in [3.05, 3.63) is 0 Å². The van der Waals surface area contributed by atoms with E-state index in [2.05, 4.69) is 145 Å². The van der Waals surface area contributed by atoms with E-state index in [-0.39, 0.29) is 44.3 Å². The molecule has 88 heavy (non-hydrogen) atoms. The lowest BCUT2D eigenvalue weighted by Gasteiger charge is -2.54. The average molecular weight is 1240 g/mol. The van der Waals surface area contributed by atoms with Crippen LogP contribution in [0, 0.1) is 23.7 Å². The highest BCUT2D eigenvalue weighted by molar-refractivity contribution is 5.00. The summed E-state index contributed by atoms with van der Waals surface area (Å²) in [6.45, 7) is 46.9. The normalized spacial score (nSPS) is 22.7. The van der Waals surface area contributed by atoms with Crippen LogP contribution < -0.4 is 0 Å². The average Bonchev–Trinajstić information content (AvgIpc) is 1.05. The molecule has 8 nitrogen and oxygen atoms in total. The lowest BCUT2D eigenvalue weighted by molar-refractivity contribution is -0.288. The van der Waals surface area contributed by atoms with E-state index in [4.69, 9.17) is 19.4 Å². The van der Waals surface area contributed by atoms with Gasteiger partial charge in [0.25, 0.3) is 0 Å². The Kier molecular flexibility index (Phi) is 36.7. The number of hydrogen-bond acceptors (Lipinski definition) is 8. The second-order valence-corrected chi connectivity index (χ2v) is 35.6. The maximum Gasteiger partial charge on any atom is 0.0685 e. The van der Waals surface area contributed by atoms with Gasteiger partial charge in [0.15, 0.2) is 0 Å². The Morgan fingerprint density at radius 2 is 0.341 bits per heavy atom. The summed E-state index contributed by atoms with van der Waals surface area (Å²) < 4.78 is 0. The van der Waals surface area contributed by atoms with Crippen LogP contribution in [0.3, 0.4) is 0 Å². The van der Waals surface area contributed by atoms with Gasteiger partial charge in [-0.25, -0.2) is 0 Å². The van der Waals surface area contributed by atoms with Gasteiger partial charge in [-0.05, 0) is 212 Å². The van der Waals surface area contributed by atoms with Gasteiger partial charge in [0, 0.05) is 44.3 Å². The molecular formula is C80H158N4O4. The number of hydrogen-bond donors (Lipinski definition) is 0. The minimum absolute atomic E-state index is 0.0765. The third kappa shape index (κ3) is 29.4. The Bertz CT molecular complexity index is 1570. The van der Waals surface area contributed by atoms with Crippen molar-refractivity contribution in [1.29, 1.82) is 0 Å². The Balaban J connectivity index is 0.953. The summed E-state index contributed by atoms with van der Waals surface area (Å²) in [7, 11) is 0. The Morgan fingerprint density at radius 3 is 0.500 bits per heavy atom. The van der Waals surface area contributed by atoms with Crippen molar-refractivity contribution in [2.75, 3.05) is 26.4 Å². The molecule has 0 saturated carbocycles. The van der Waals surface area contributed by atoms with Gasteiger partial charge >= 0.3 is 0 Å². The van der Waals surface area contributed by atoms with Crippen molar-refractivity contribution in [2.45, 2.75) is 464 Å². The van der Waals surface area contributed by atoms with Crippen LogP contribution >= 0.6 is 0 Å². The van der Waals surface area contributed by atoms with Crippen molar-refractivity contribution >= 4 is 0 Å².